The van der Waals surface area contributed by atoms with Crippen LogP contribution in [-0.2, 0) is 19.6 Å². The molecule has 0 atom stereocenters. The number of rotatable bonds is 8. The molecule has 0 spiro atoms. The Kier molecular flexibility index (Phi) is 7.55. The topological polar surface area (TPSA) is 89.5 Å². The summed E-state index contributed by atoms with van der Waals surface area (Å²) in [5.74, 6) is -0.246. The van der Waals surface area contributed by atoms with E-state index in [2.05, 4.69) is 19.6 Å². The van der Waals surface area contributed by atoms with E-state index in [1.165, 1.54) is 26.4 Å². The Hall–Kier alpha value is -2.48. The van der Waals surface area contributed by atoms with E-state index in [9.17, 15) is 9.59 Å². The maximum atomic E-state index is 11.8. The normalized spacial score (nSPS) is 9.77. The van der Waals surface area contributed by atoms with Crippen LogP contribution in [0.15, 0.2) is 18.2 Å². The lowest BCUT2D eigenvalue weighted by atomic mass is 10.2. The molecule has 0 amide bonds. The Morgan fingerprint density at radius 2 is 1.86 bits per heavy atom. The molecule has 1 aromatic carbocycles. The van der Waals surface area contributed by atoms with Gasteiger partial charge >= 0.3 is 12.1 Å². The van der Waals surface area contributed by atoms with Crippen LogP contribution < -0.4 is 9.47 Å². The van der Waals surface area contributed by atoms with Crippen molar-refractivity contribution in [1.82, 2.24) is 0 Å². The predicted molar refractivity (Wildman–Crippen MR) is 73.4 cm³/mol. The highest BCUT2D eigenvalue weighted by Gasteiger charge is 2.18. The van der Waals surface area contributed by atoms with E-state index in [0.29, 0.717) is 12.2 Å². The van der Waals surface area contributed by atoms with Gasteiger partial charge in [-0.05, 0) is 24.6 Å². The fourth-order valence-corrected chi connectivity index (χ4v) is 1.42. The average Bonchev–Trinajstić information content (AvgIpc) is 2.54. The highest BCUT2D eigenvalue weighted by Crippen LogP contribution is 2.24. The van der Waals surface area contributed by atoms with E-state index < -0.39 is 12.1 Å². The predicted octanol–water partition coefficient (Wildman–Crippen LogP) is 2.66. The zero-order chi connectivity index (χ0) is 16.4. The molecule has 0 saturated heterocycles. The molecule has 122 valence electrons. The molecule has 22 heavy (non-hydrogen) atoms. The van der Waals surface area contributed by atoms with Gasteiger partial charge in [-0.2, -0.15) is 0 Å². The summed E-state index contributed by atoms with van der Waals surface area (Å²) in [5, 5.41) is 4.09. The number of carbonyl (C=O) groups is 2. The molecule has 8 nitrogen and oxygen atoms in total. The van der Waals surface area contributed by atoms with E-state index in [-0.39, 0.29) is 17.9 Å². The van der Waals surface area contributed by atoms with E-state index in [1.807, 2.05) is 6.92 Å². The monoisotopic (exact) mass is 314 g/mol. The van der Waals surface area contributed by atoms with Crippen LogP contribution in [0.5, 0.6) is 11.5 Å². The zero-order valence-corrected chi connectivity index (χ0v) is 12.6. The molecule has 1 aromatic rings. The van der Waals surface area contributed by atoms with Crippen LogP contribution in [-0.4, -0.2) is 33.0 Å². The lowest BCUT2D eigenvalue weighted by Crippen LogP contribution is -2.13. The molecule has 0 aliphatic carbocycles. The van der Waals surface area contributed by atoms with Crippen molar-refractivity contribution in [3.63, 3.8) is 0 Å². The minimum Gasteiger partial charge on any atom is -0.497 e. The molecule has 0 saturated carbocycles. The number of hydrogen-bond donors (Lipinski definition) is 0. The molecule has 0 N–H and O–H groups in total. The second-order valence-corrected chi connectivity index (χ2v) is 4.04. The first kappa shape index (κ1) is 17.6. The van der Waals surface area contributed by atoms with Crippen LogP contribution in [0.3, 0.4) is 0 Å². The summed E-state index contributed by atoms with van der Waals surface area (Å²) in [4.78, 5) is 31.4. The standard InChI is InChI=1S/C14H18O8/c1-4-5-8-19-14(16)21-22-20-13(15)11-9-10(17-2)6-7-12(11)18-3/h6-7,9H,4-5,8H2,1-3H3. The molecular formula is C14H18O8. The lowest BCUT2D eigenvalue weighted by Gasteiger charge is -2.08. The van der Waals surface area contributed by atoms with Gasteiger partial charge in [0.25, 0.3) is 0 Å². The van der Waals surface area contributed by atoms with Crippen molar-refractivity contribution in [2.24, 2.45) is 0 Å². The number of ether oxygens (including phenoxy) is 3. The summed E-state index contributed by atoms with van der Waals surface area (Å²) in [6.07, 6.45) is 0.452. The first-order valence-corrected chi connectivity index (χ1v) is 6.56. The maximum Gasteiger partial charge on any atom is 0.543 e. The summed E-state index contributed by atoms with van der Waals surface area (Å²) >= 11 is 0. The largest absolute Gasteiger partial charge is 0.543 e. The first-order valence-electron chi connectivity index (χ1n) is 6.56. The average molecular weight is 314 g/mol. The van der Waals surface area contributed by atoms with Crippen molar-refractivity contribution in [1.29, 1.82) is 0 Å². The summed E-state index contributed by atoms with van der Waals surface area (Å²) in [6, 6.07) is 4.53. The van der Waals surface area contributed by atoms with Crippen LogP contribution >= 0.6 is 0 Å². The molecule has 0 bridgehead atoms. The quantitative estimate of drug-likeness (QED) is 0.313. The number of unbranched alkanes of at least 4 members (excludes halogenated alkanes) is 1. The van der Waals surface area contributed by atoms with Gasteiger partial charge < -0.3 is 14.2 Å². The van der Waals surface area contributed by atoms with Crippen molar-refractivity contribution in [3.8, 4) is 11.5 Å². The van der Waals surface area contributed by atoms with Gasteiger partial charge in [-0.25, -0.2) is 14.5 Å². The van der Waals surface area contributed by atoms with E-state index in [1.54, 1.807) is 6.07 Å². The van der Waals surface area contributed by atoms with Crippen molar-refractivity contribution in [2.75, 3.05) is 20.8 Å². The second kappa shape index (κ2) is 9.46. The van der Waals surface area contributed by atoms with Crippen LogP contribution in [0.2, 0.25) is 0 Å². The number of carbonyl (C=O) groups excluding carboxylic acids is 2. The van der Waals surface area contributed by atoms with E-state index >= 15 is 0 Å². The van der Waals surface area contributed by atoms with Crippen LogP contribution in [0, 0.1) is 0 Å². The van der Waals surface area contributed by atoms with Crippen molar-refractivity contribution in [2.45, 2.75) is 19.8 Å². The molecule has 1 rings (SSSR count). The fourth-order valence-electron chi connectivity index (χ4n) is 1.42. The first-order chi connectivity index (χ1) is 10.6. The van der Waals surface area contributed by atoms with Gasteiger partial charge in [0, 0.05) is 0 Å². The molecule has 0 unspecified atom stereocenters. The summed E-state index contributed by atoms with van der Waals surface area (Å²) in [6.45, 7) is 2.13. The smallest absolute Gasteiger partial charge is 0.497 e. The molecule has 8 heteroatoms. The third-order valence-corrected chi connectivity index (χ3v) is 2.56. The molecule has 0 heterocycles. The molecule has 0 radical (unpaired) electrons. The van der Waals surface area contributed by atoms with Gasteiger partial charge in [0.15, 0.2) is 0 Å². The third kappa shape index (κ3) is 5.49. The Morgan fingerprint density at radius 3 is 2.50 bits per heavy atom. The van der Waals surface area contributed by atoms with Gasteiger partial charge in [-0.1, -0.05) is 13.3 Å². The minimum atomic E-state index is -1.10. The van der Waals surface area contributed by atoms with Crippen LogP contribution in [0.4, 0.5) is 4.79 Å². The Balaban J connectivity index is 2.50. The SMILES string of the molecule is CCCCOC(=O)OOOC(=O)c1cc(OC)ccc1OC. The van der Waals surface area contributed by atoms with E-state index in [4.69, 9.17) is 9.47 Å². The minimum absolute atomic E-state index is 0.0461. The molecule has 0 aliphatic rings. The summed E-state index contributed by atoms with van der Waals surface area (Å²) in [7, 11) is 2.84. The van der Waals surface area contributed by atoms with Gasteiger partial charge in [0.1, 0.15) is 17.1 Å². The molecule has 0 fully saturated rings. The highest BCUT2D eigenvalue weighted by molar-refractivity contribution is 5.92. The Morgan fingerprint density at radius 1 is 1.09 bits per heavy atom. The van der Waals surface area contributed by atoms with Crippen molar-refractivity contribution < 1.29 is 38.6 Å². The number of hydrogen-bond acceptors (Lipinski definition) is 8. The van der Waals surface area contributed by atoms with E-state index in [0.717, 1.165) is 6.42 Å². The van der Waals surface area contributed by atoms with Gasteiger partial charge in [-0.3, -0.25) is 4.89 Å². The zero-order valence-electron chi connectivity index (χ0n) is 12.6. The molecular weight excluding hydrogens is 296 g/mol. The molecule has 0 aromatic heterocycles. The lowest BCUT2D eigenvalue weighted by molar-refractivity contribution is -0.452. The summed E-state index contributed by atoms with van der Waals surface area (Å²) < 4.78 is 14.6. The summed E-state index contributed by atoms with van der Waals surface area (Å²) in [5.41, 5.74) is 0.0461. The van der Waals surface area contributed by atoms with Gasteiger partial charge in [-0.15, -0.1) is 0 Å². The Labute approximate surface area is 127 Å². The molecule has 0 aliphatic heterocycles. The van der Waals surface area contributed by atoms with Crippen LogP contribution in [0.1, 0.15) is 30.1 Å². The number of benzene rings is 1. The third-order valence-electron chi connectivity index (χ3n) is 2.56. The second-order valence-electron chi connectivity index (χ2n) is 4.04. The van der Waals surface area contributed by atoms with Gasteiger partial charge in [0.05, 0.1) is 25.9 Å². The Bertz CT molecular complexity index is 500. The van der Waals surface area contributed by atoms with Gasteiger partial charge in [0.2, 0.25) is 0 Å². The van der Waals surface area contributed by atoms with Crippen molar-refractivity contribution in [3.05, 3.63) is 23.8 Å². The highest BCUT2D eigenvalue weighted by atomic mass is 17.5. The van der Waals surface area contributed by atoms with Crippen molar-refractivity contribution >= 4 is 12.1 Å². The fraction of sp³-hybridized carbons (Fsp3) is 0.429. The maximum absolute atomic E-state index is 11.8. The number of methoxy groups -OCH3 is 2. The van der Waals surface area contributed by atoms with Crippen LogP contribution in [0.25, 0.3) is 0 Å².